The van der Waals surface area contributed by atoms with Gasteiger partial charge in [-0.15, -0.1) is 11.3 Å². The topological polar surface area (TPSA) is 71.1 Å². The molecule has 6 heteroatoms. The van der Waals surface area contributed by atoms with Crippen LogP contribution in [0, 0.1) is 12.8 Å². The monoisotopic (exact) mass is 357 g/mol. The number of carbonyl (C=O) groups is 2. The Morgan fingerprint density at radius 3 is 2.76 bits per heavy atom. The molecule has 0 bridgehead atoms. The molecule has 0 radical (unpaired) electrons. The first kappa shape index (κ1) is 17.6. The smallest absolute Gasteiger partial charge is 0.227 e. The van der Waals surface area contributed by atoms with E-state index >= 15 is 0 Å². The third-order valence-corrected chi connectivity index (χ3v) is 5.63. The van der Waals surface area contributed by atoms with E-state index in [1.54, 1.807) is 11.3 Å². The highest BCUT2D eigenvalue weighted by atomic mass is 32.1. The molecule has 2 aromatic rings. The summed E-state index contributed by atoms with van der Waals surface area (Å²) in [6.07, 6.45) is 3.59. The van der Waals surface area contributed by atoms with Crippen molar-refractivity contribution in [2.24, 2.45) is 5.92 Å². The van der Waals surface area contributed by atoms with E-state index in [4.69, 9.17) is 0 Å². The van der Waals surface area contributed by atoms with Crippen molar-refractivity contribution < 1.29 is 9.59 Å². The fourth-order valence-electron chi connectivity index (χ4n) is 3.21. The predicted octanol–water partition coefficient (Wildman–Crippen LogP) is 3.31. The fraction of sp³-hybridized carbons (Fsp3) is 0.421. The number of para-hydroxylation sites is 1. The molecule has 1 aliphatic carbocycles. The lowest BCUT2D eigenvalue weighted by Gasteiger charge is -2.14. The Hall–Kier alpha value is -2.21. The van der Waals surface area contributed by atoms with Crippen molar-refractivity contribution in [2.75, 3.05) is 5.32 Å². The van der Waals surface area contributed by atoms with Gasteiger partial charge in [0.25, 0.3) is 0 Å². The molecule has 25 heavy (non-hydrogen) atoms. The maximum atomic E-state index is 12.3. The number of anilines is 1. The second kappa shape index (κ2) is 8.25. The average Bonchev–Trinajstić information content (AvgIpc) is 3.23. The molecule has 3 rings (SSSR count). The average molecular weight is 357 g/mol. The second-order valence-electron chi connectivity index (χ2n) is 6.49. The van der Waals surface area contributed by atoms with Gasteiger partial charge in [0.2, 0.25) is 11.8 Å². The van der Waals surface area contributed by atoms with Gasteiger partial charge >= 0.3 is 0 Å². The maximum Gasteiger partial charge on any atom is 0.227 e. The van der Waals surface area contributed by atoms with Gasteiger partial charge in [-0.25, -0.2) is 4.98 Å². The van der Waals surface area contributed by atoms with Gasteiger partial charge in [0.1, 0.15) is 0 Å². The van der Waals surface area contributed by atoms with Crippen LogP contribution in [0.4, 0.5) is 5.69 Å². The Balaban J connectivity index is 1.42. The lowest BCUT2D eigenvalue weighted by Crippen LogP contribution is -2.33. The lowest BCUT2D eigenvalue weighted by molar-refractivity contribution is -0.122. The Morgan fingerprint density at radius 1 is 1.24 bits per heavy atom. The highest BCUT2D eigenvalue weighted by Gasteiger charge is 2.30. The van der Waals surface area contributed by atoms with Crippen LogP contribution in [0.5, 0.6) is 0 Å². The van der Waals surface area contributed by atoms with Crippen LogP contribution in [-0.2, 0) is 16.0 Å². The van der Waals surface area contributed by atoms with Crippen LogP contribution in [0.15, 0.2) is 35.8 Å². The van der Waals surface area contributed by atoms with Gasteiger partial charge in [0, 0.05) is 28.9 Å². The number of benzene rings is 1. The highest BCUT2D eigenvalue weighted by molar-refractivity contribution is 7.09. The van der Waals surface area contributed by atoms with Gasteiger partial charge in [-0.2, -0.15) is 0 Å². The van der Waals surface area contributed by atoms with Crippen molar-refractivity contribution in [3.05, 3.63) is 46.4 Å². The number of nitrogens with zero attached hydrogens (tertiary/aromatic N) is 1. The Bertz CT molecular complexity index is 729. The number of amides is 2. The first-order chi connectivity index (χ1) is 12.1. The maximum absolute atomic E-state index is 12.3. The molecule has 1 heterocycles. The molecular weight excluding hydrogens is 334 g/mol. The molecule has 1 fully saturated rings. The van der Waals surface area contributed by atoms with Crippen molar-refractivity contribution in [3.63, 3.8) is 0 Å². The first-order valence-corrected chi connectivity index (χ1v) is 9.54. The van der Waals surface area contributed by atoms with E-state index in [0.717, 1.165) is 30.6 Å². The largest absolute Gasteiger partial charge is 0.353 e. The van der Waals surface area contributed by atoms with E-state index in [1.165, 1.54) is 4.88 Å². The van der Waals surface area contributed by atoms with Gasteiger partial charge in [-0.1, -0.05) is 18.2 Å². The molecule has 0 saturated heterocycles. The Kier molecular flexibility index (Phi) is 5.81. The summed E-state index contributed by atoms with van der Waals surface area (Å²) in [6, 6.07) is 9.59. The molecule has 1 aromatic heterocycles. The number of aryl methyl sites for hydroxylation is 2. The third kappa shape index (κ3) is 4.89. The molecule has 5 nitrogen and oxygen atoms in total. The van der Waals surface area contributed by atoms with Crippen LogP contribution in [0.2, 0.25) is 0 Å². The standard InChI is InChI=1S/C19H23N3O2S/c1-13-17(25-12-20-13)9-10-18(23)21-16-8-7-14(11-16)19(24)22-15-5-3-2-4-6-15/h2-6,12,14,16H,7-11H2,1H3,(H,21,23)(H,22,24)/t14-,16+/m1/s1. The fourth-order valence-corrected chi connectivity index (χ4v) is 3.99. The Labute approximate surface area is 151 Å². The number of nitrogens with one attached hydrogen (secondary N) is 2. The summed E-state index contributed by atoms with van der Waals surface area (Å²) in [7, 11) is 0. The molecule has 2 atom stereocenters. The minimum atomic E-state index is -0.0331. The number of hydrogen-bond acceptors (Lipinski definition) is 4. The van der Waals surface area contributed by atoms with E-state index in [-0.39, 0.29) is 23.8 Å². The van der Waals surface area contributed by atoms with Crippen molar-refractivity contribution in [1.82, 2.24) is 10.3 Å². The first-order valence-electron chi connectivity index (χ1n) is 8.66. The van der Waals surface area contributed by atoms with Crippen molar-refractivity contribution in [2.45, 2.75) is 45.1 Å². The van der Waals surface area contributed by atoms with Crippen LogP contribution in [0.1, 0.15) is 36.3 Å². The zero-order valence-electron chi connectivity index (χ0n) is 14.3. The molecule has 2 amide bonds. The van der Waals surface area contributed by atoms with E-state index in [0.29, 0.717) is 12.8 Å². The van der Waals surface area contributed by atoms with Gasteiger partial charge in [-0.3, -0.25) is 9.59 Å². The van der Waals surface area contributed by atoms with Crippen LogP contribution in [0.25, 0.3) is 0 Å². The molecule has 2 N–H and O–H groups in total. The number of hydrogen-bond donors (Lipinski definition) is 2. The third-order valence-electron chi connectivity index (χ3n) is 4.63. The van der Waals surface area contributed by atoms with Crippen LogP contribution < -0.4 is 10.6 Å². The molecule has 0 spiro atoms. The quantitative estimate of drug-likeness (QED) is 0.833. The molecule has 1 saturated carbocycles. The molecule has 1 aliphatic rings. The van der Waals surface area contributed by atoms with E-state index in [2.05, 4.69) is 15.6 Å². The SMILES string of the molecule is Cc1ncsc1CCC(=O)N[C@H]1CC[C@@H](C(=O)Nc2ccccc2)C1. The van der Waals surface area contributed by atoms with Crippen molar-refractivity contribution in [3.8, 4) is 0 Å². The van der Waals surface area contributed by atoms with Gasteiger partial charge in [0.05, 0.1) is 11.2 Å². The van der Waals surface area contributed by atoms with Gasteiger partial charge in [0.15, 0.2) is 0 Å². The highest BCUT2D eigenvalue weighted by Crippen LogP contribution is 2.27. The second-order valence-corrected chi connectivity index (χ2v) is 7.43. The zero-order chi connectivity index (χ0) is 17.6. The summed E-state index contributed by atoms with van der Waals surface area (Å²) in [5, 5.41) is 6.03. The van der Waals surface area contributed by atoms with E-state index in [1.807, 2.05) is 42.8 Å². The molecule has 1 aromatic carbocycles. The van der Waals surface area contributed by atoms with E-state index in [9.17, 15) is 9.59 Å². The summed E-state index contributed by atoms with van der Waals surface area (Å²) in [5.74, 6) is 0.0689. The summed E-state index contributed by atoms with van der Waals surface area (Å²) in [4.78, 5) is 29.9. The summed E-state index contributed by atoms with van der Waals surface area (Å²) >= 11 is 1.60. The zero-order valence-corrected chi connectivity index (χ0v) is 15.1. The van der Waals surface area contributed by atoms with Crippen LogP contribution in [-0.4, -0.2) is 22.8 Å². The van der Waals surface area contributed by atoms with Crippen molar-refractivity contribution >= 4 is 28.8 Å². The van der Waals surface area contributed by atoms with Gasteiger partial charge in [-0.05, 0) is 44.7 Å². The lowest BCUT2D eigenvalue weighted by atomic mass is 10.1. The van der Waals surface area contributed by atoms with E-state index < -0.39 is 0 Å². The summed E-state index contributed by atoms with van der Waals surface area (Å²) < 4.78 is 0. The normalized spacial score (nSPS) is 19.6. The molecule has 132 valence electrons. The van der Waals surface area contributed by atoms with Gasteiger partial charge < -0.3 is 10.6 Å². The minimum absolute atomic E-state index is 0.0331. The Morgan fingerprint density at radius 2 is 2.04 bits per heavy atom. The number of thiazole rings is 1. The molecule has 0 unspecified atom stereocenters. The predicted molar refractivity (Wildman–Crippen MR) is 99.5 cm³/mol. The summed E-state index contributed by atoms with van der Waals surface area (Å²) in [6.45, 7) is 1.97. The molecule has 0 aliphatic heterocycles. The number of carbonyl (C=O) groups excluding carboxylic acids is 2. The summed E-state index contributed by atoms with van der Waals surface area (Å²) in [5.41, 5.74) is 3.64. The minimum Gasteiger partial charge on any atom is -0.353 e. The number of aromatic nitrogens is 1. The van der Waals surface area contributed by atoms with Crippen LogP contribution >= 0.6 is 11.3 Å². The van der Waals surface area contributed by atoms with Crippen molar-refractivity contribution in [1.29, 1.82) is 0 Å². The van der Waals surface area contributed by atoms with Crippen LogP contribution in [0.3, 0.4) is 0 Å². The molecular formula is C19H23N3O2S. The number of rotatable bonds is 6.